The van der Waals surface area contributed by atoms with Gasteiger partial charge in [-0.2, -0.15) is 0 Å². The largest absolute Gasteiger partial charge is 0.493 e. The van der Waals surface area contributed by atoms with Crippen LogP contribution in [0.25, 0.3) is 67.9 Å². The third-order valence-corrected chi connectivity index (χ3v) is 12.3. The smallest absolute Gasteiger partial charge is 0.127 e. The summed E-state index contributed by atoms with van der Waals surface area (Å²) >= 11 is 0. The highest BCUT2D eigenvalue weighted by Crippen LogP contribution is 2.36. The van der Waals surface area contributed by atoms with Crippen LogP contribution in [0.3, 0.4) is 0 Å². The second kappa shape index (κ2) is 19.5. The van der Waals surface area contributed by atoms with Gasteiger partial charge in [-0.15, -0.1) is 0 Å². The van der Waals surface area contributed by atoms with E-state index in [1.54, 1.807) is 0 Å². The molecular formula is C54H64N2O2. The molecular weight excluding hydrogens is 709 g/mol. The topological polar surface area (TPSA) is 28.3 Å². The molecule has 0 radical (unpaired) electrons. The molecule has 0 saturated heterocycles. The summed E-state index contributed by atoms with van der Waals surface area (Å²) in [5, 5.41) is 5.21. The number of ether oxygens (including phenoxy) is 2. The Labute approximate surface area is 347 Å². The highest BCUT2D eigenvalue weighted by molar-refractivity contribution is 6.09. The number of unbranched alkanes of at least 4 members (excludes halogenated alkanes) is 2. The maximum Gasteiger partial charge on any atom is 0.127 e. The lowest BCUT2D eigenvalue weighted by Gasteiger charge is -2.20. The summed E-state index contributed by atoms with van der Waals surface area (Å²) in [6.45, 7) is 16.8. The molecule has 0 bridgehead atoms. The lowest BCUT2D eigenvalue weighted by Crippen LogP contribution is -2.13. The first kappa shape index (κ1) is 41.0. The van der Waals surface area contributed by atoms with Crippen molar-refractivity contribution in [3.63, 3.8) is 0 Å². The van der Waals surface area contributed by atoms with E-state index in [1.807, 2.05) is 0 Å². The van der Waals surface area contributed by atoms with Crippen LogP contribution < -0.4 is 9.47 Å². The fourth-order valence-corrected chi connectivity index (χ4v) is 8.71. The van der Waals surface area contributed by atoms with Gasteiger partial charge in [0, 0.05) is 67.8 Å². The van der Waals surface area contributed by atoms with Crippen molar-refractivity contribution >= 4 is 67.9 Å². The fraction of sp³-hybridized carbons (Fsp3) is 0.370. The van der Waals surface area contributed by atoms with Gasteiger partial charge in [0.25, 0.3) is 0 Å². The molecule has 2 aromatic heterocycles. The molecule has 0 spiro atoms. The molecule has 58 heavy (non-hydrogen) atoms. The highest BCUT2D eigenvalue weighted by atomic mass is 16.5. The van der Waals surface area contributed by atoms with E-state index in [-0.39, 0.29) is 0 Å². The predicted octanol–water partition coefficient (Wildman–Crippen LogP) is 15.5. The van der Waals surface area contributed by atoms with E-state index in [1.165, 1.54) is 93.3 Å². The Bertz CT molecular complexity index is 2340. The Balaban J connectivity index is 1.29. The number of nitrogens with zero attached hydrogens (tertiary/aromatic N) is 2. The lowest BCUT2D eigenvalue weighted by molar-refractivity contribution is 0.227. The molecule has 2 heterocycles. The van der Waals surface area contributed by atoms with Gasteiger partial charge in [0.05, 0.1) is 13.2 Å². The second-order valence-electron chi connectivity index (χ2n) is 16.1. The van der Waals surface area contributed by atoms with Crippen molar-refractivity contribution in [1.29, 1.82) is 0 Å². The van der Waals surface area contributed by atoms with Gasteiger partial charge in [-0.05, 0) is 86.1 Å². The van der Waals surface area contributed by atoms with Crippen LogP contribution >= 0.6 is 0 Å². The minimum absolute atomic E-state index is 0.519. The standard InChI is InChI=1S/C54H64N2O2/c1-7-13-19-39(9-3)37-57-53-35-44(30-26-42-28-32-48-46-22-16-18-24-50(46)56(12-6)52(48)34-42)54(58-38-40(10-4)20-14-8-2)36-43(53)29-25-41-27-31-47-45-21-15-17-23-49(45)55(11-5)51(47)33-41/h15-18,21-36,39-40H,7-14,19-20,37-38H2,1-6H3/b29-25+,30-26+. The van der Waals surface area contributed by atoms with Gasteiger partial charge in [-0.25, -0.2) is 0 Å². The Morgan fingerprint density at radius 3 is 1.28 bits per heavy atom. The van der Waals surface area contributed by atoms with Gasteiger partial charge < -0.3 is 18.6 Å². The van der Waals surface area contributed by atoms with Crippen molar-refractivity contribution in [2.45, 2.75) is 106 Å². The van der Waals surface area contributed by atoms with Crippen molar-refractivity contribution in [3.05, 3.63) is 119 Å². The van der Waals surface area contributed by atoms with Gasteiger partial charge in [-0.3, -0.25) is 0 Å². The Morgan fingerprint density at radius 2 is 0.879 bits per heavy atom. The zero-order chi connectivity index (χ0) is 40.4. The number of hydrogen-bond donors (Lipinski definition) is 0. The maximum absolute atomic E-state index is 6.84. The molecule has 2 unspecified atom stereocenters. The summed E-state index contributed by atoms with van der Waals surface area (Å²) < 4.78 is 18.5. The third-order valence-electron chi connectivity index (χ3n) is 12.3. The van der Waals surface area contributed by atoms with Crippen molar-refractivity contribution in [1.82, 2.24) is 9.13 Å². The van der Waals surface area contributed by atoms with E-state index in [9.17, 15) is 0 Å². The Morgan fingerprint density at radius 1 is 0.466 bits per heavy atom. The monoisotopic (exact) mass is 772 g/mol. The van der Waals surface area contributed by atoms with E-state index in [4.69, 9.17) is 9.47 Å². The van der Waals surface area contributed by atoms with Crippen LogP contribution in [0.15, 0.2) is 97.1 Å². The molecule has 0 aliphatic rings. The molecule has 7 rings (SSSR count). The molecule has 4 nitrogen and oxygen atoms in total. The summed E-state index contributed by atoms with van der Waals surface area (Å²) in [6, 6.07) is 35.6. The maximum atomic E-state index is 6.84. The Kier molecular flexibility index (Phi) is 13.8. The molecule has 5 aromatic carbocycles. The summed E-state index contributed by atoms with van der Waals surface area (Å²) in [7, 11) is 0. The molecule has 0 amide bonds. The zero-order valence-electron chi connectivity index (χ0n) is 35.9. The summed E-state index contributed by atoms with van der Waals surface area (Å²) in [4.78, 5) is 0. The van der Waals surface area contributed by atoms with Crippen LogP contribution in [0.5, 0.6) is 11.5 Å². The minimum Gasteiger partial charge on any atom is -0.493 e. The highest BCUT2D eigenvalue weighted by Gasteiger charge is 2.16. The molecule has 0 aliphatic carbocycles. The summed E-state index contributed by atoms with van der Waals surface area (Å²) in [5.41, 5.74) is 9.53. The number of fused-ring (bicyclic) bond motifs is 6. The number of benzene rings is 5. The van der Waals surface area contributed by atoms with Crippen LogP contribution in [0, 0.1) is 11.8 Å². The van der Waals surface area contributed by atoms with Crippen LogP contribution in [-0.2, 0) is 13.1 Å². The first-order valence-corrected chi connectivity index (χ1v) is 22.3. The van der Waals surface area contributed by atoms with Crippen molar-refractivity contribution in [2.75, 3.05) is 13.2 Å². The number of para-hydroxylation sites is 2. The van der Waals surface area contributed by atoms with Crippen LogP contribution in [-0.4, -0.2) is 22.3 Å². The van der Waals surface area contributed by atoms with Gasteiger partial charge >= 0.3 is 0 Å². The van der Waals surface area contributed by atoms with Crippen LogP contribution in [0.1, 0.15) is 115 Å². The van der Waals surface area contributed by atoms with Gasteiger partial charge in [-0.1, -0.05) is 151 Å². The average Bonchev–Trinajstić information content (AvgIpc) is 3.76. The predicted molar refractivity (Wildman–Crippen MR) is 252 cm³/mol. The fourth-order valence-electron chi connectivity index (χ4n) is 8.71. The van der Waals surface area contributed by atoms with Gasteiger partial charge in [0.15, 0.2) is 0 Å². The van der Waals surface area contributed by atoms with E-state index >= 15 is 0 Å². The summed E-state index contributed by atoms with van der Waals surface area (Å²) in [5.74, 6) is 2.85. The normalized spacial score (nSPS) is 13.2. The molecule has 0 aliphatic heterocycles. The third kappa shape index (κ3) is 8.92. The zero-order valence-corrected chi connectivity index (χ0v) is 35.9. The van der Waals surface area contributed by atoms with Gasteiger partial charge in [0.1, 0.15) is 11.5 Å². The molecule has 0 N–H and O–H groups in total. The van der Waals surface area contributed by atoms with E-state index in [2.05, 4.69) is 172 Å². The Hall–Kier alpha value is -5.22. The first-order chi connectivity index (χ1) is 28.5. The number of aromatic nitrogens is 2. The van der Waals surface area contributed by atoms with E-state index in [0.29, 0.717) is 25.0 Å². The van der Waals surface area contributed by atoms with Crippen molar-refractivity contribution in [3.8, 4) is 11.5 Å². The number of hydrogen-bond acceptors (Lipinski definition) is 2. The number of rotatable bonds is 20. The average molecular weight is 773 g/mol. The second-order valence-corrected chi connectivity index (χ2v) is 16.1. The molecule has 0 fully saturated rings. The molecule has 2 atom stereocenters. The quantitative estimate of drug-likeness (QED) is 0.0722. The van der Waals surface area contributed by atoms with Crippen LogP contribution in [0.2, 0.25) is 0 Å². The van der Waals surface area contributed by atoms with Crippen LogP contribution in [0.4, 0.5) is 0 Å². The first-order valence-electron chi connectivity index (χ1n) is 22.3. The SMILES string of the molecule is CCCCC(CC)COc1cc(/C=C/c2ccc3c4ccccc4n(CC)c3c2)c(OCC(CC)CCCC)cc1/C=C/c1ccc2c3ccccc3n(CC)c2c1. The summed E-state index contributed by atoms with van der Waals surface area (Å²) in [6.07, 6.45) is 18.4. The van der Waals surface area contributed by atoms with Gasteiger partial charge in [0.2, 0.25) is 0 Å². The van der Waals surface area contributed by atoms with Crippen molar-refractivity contribution < 1.29 is 9.47 Å². The minimum atomic E-state index is 0.519. The van der Waals surface area contributed by atoms with Crippen molar-refractivity contribution in [2.24, 2.45) is 11.8 Å². The molecule has 7 aromatic rings. The van der Waals surface area contributed by atoms with E-state index < -0.39 is 0 Å². The van der Waals surface area contributed by atoms with E-state index in [0.717, 1.165) is 48.6 Å². The molecule has 4 heteroatoms. The molecule has 0 saturated carbocycles. The molecule has 302 valence electrons. The number of aryl methyl sites for hydroxylation is 2. The lowest BCUT2D eigenvalue weighted by atomic mass is 10.00.